The molecule has 0 aliphatic rings. The Morgan fingerprint density at radius 1 is 0.690 bits per heavy atom. The Bertz CT molecular complexity index is 781. The van der Waals surface area contributed by atoms with Gasteiger partial charge in [-0.05, 0) is 75.4 Å². The van der Waals surface area contributed by atoms with E-state index in [0.29, 0.717) is 0 Å². The van der Waals surface area contributed by atoms with E-state index in [1.54, 1.807) is 0 Å². The summed E-state index contributed by atoms with van der Waals surface area (Å²) in [5.41, 5.74) is 1.43. The second-order valence-electron chi connectivity index (χ2n) is 8.29. The van der Waals surface area contributed by atoms with Gasteiger partial charge in [0, 0.05) is 0 Å². The summed E-state index contributed by atoms with van der Waals surface area (Å²) >= 11 is 0. The van der Waals surface area contributed by atoms with E-state index in [1.807, 2.05) is 0 Å². The van der Waals surface area contributed by atoms with Gasteiger partial charge in [-0.25, -0.2) is 0 Å². The molecule has 0 amide bonds. The molecule has 0 aliphatic heterocycles. The van der Waals surface area contributed by atoms with E-state index < -0.39 is 7.26 Å². The first-order valence-corrected chi connectivity index (χ1v) is 12.8. The van der Waals surface area contributed by atoms with Crippen molar-refractivity contribution >= 4 is 23.2 Å². The van der Waals surface area contributed by atoms with Crippen molar-refractivity contribution in [2.45, 2.75) is 40.0 Å². The maximum atomic E-state index is 2.43. The standard InChI is InChI=1S/C28H34P/c1-24(2)14-13-15-25(3)22-23-29(26-16-7-4-8-17-26,27-18-9-5-10-19-27)28-20-11-6-12-21-28/h4-12,14,16-21,25H,13,15,22-23H2,1-3H3/q+1/t25-/m0/s1. The second-order valence-corrected chi connectivity index (χ2v) is 11.9. The fourth-order valence-electron chi connectivity index (χ4n) is 4.10. The maximum absolute atomic E-state index is 2.43. The molecule has 0 nitrogen and oxygen atoms in total. The summed E-state index contributed by atoms with van der Waals surface area (Å²) in [6.45, 7) is 6.82. The van der Waals surface area contributed by atoms with Crippen molar-refractivity contribution < 1.29 is 0 Å². The number of benzene rings is 3. The third kappa shape index (κ3) is 5.46. The average molecular weight is 402 g/mol. The van der Waals surface area contributed by atoms with Crippen LogP contribution >= 0.6 is 7.26 Å². The highest BCUT2D eigenvalue weighted by atomic mass is 31.2. The van der Waals surface area contributed by atoms with Crippen molar-refractivity contribution in [3.63, 3.8) is 0 Å². The SMILES string of the molecule is CC(C)=CCC[C@H](C)CC[P+](c1ccccc1)(c1ccccc1)c1ccccc1. The fraction of sp³-hybridized carbons (Fsp3) is 0.286. The molecule has 29 heavy (non-hydrogen) atoms. The highest BCUT2D eigenvalue weighted by Crippen LogP contribution is 2.56. The van der Waals surface area contributed by atoms with E-state index in [1.165, 1.54) is 46.9 Å². The number of allylic oxidation sites excluding steroid dienone is 2. The summed E-state index contributed by atoms with van der Waals surface area (Å²) in [5.74, 6) is 0.723. The van der Waals surface area contributed by atoms with E-state index in [9.17, 15) is 0 Å². The van der Waals surface area contributed by atoms with Crippen molar-refractivity contribution in [1.29, 1.82) is 0 Å². The Balaban J connectivity index is 2.00. The first-order valence-electron chi connectivity index (χ1n) is 10.8. The average Bonchev–Trinajstić information content (AvgIpc) is 2.76. The molecule has 0 fully saturated rings. The normalized spacial score (nSPS) is 12.4. The van der Waals surface area contributed by atoms with Gasteiger partial charge < -0.3 is 0 Å². The molecule has 150 valence electrons. The van der Waals surface area contributed by atoms with Gasteiger partial charge in [0.05, 0.1) is 6.16 Å². The Morgan fingerprint density at radius 2 is 1.10 bits per heavy atom. The van der Waals surface area contributed by atoms with Gasteiger partial charge in [0.15, 0.2) is 0 Å². The third-order valence-corrected chi connectivity index (χ3v) is 10.2. The van der Waals surface area contributed by atoms with E-state index in [0.717, 1.165) is 5.92 Å². The number of hydrogen-bond donors (Lipinski definition) is 0. The Morgan fingerprint density at radius 3 is 1.48 bits per heavy atom. The van der Waals surface area contributed by atoms with Crippen LogP contribution in [0.4, 0.5) is 0 Å². The van der Waals surface area contributed by atoms with Crippen LogP contribution in [0.1, 0.15) is 40.0 Å². The topological polar surface area (TPSA) is 0 Å². The van der Waals surface area contributed by atoms with Crippen molar-refractivity contribution in [2.24, 2.45) is 5.92 Å². The zero-order valence-corrected chi connectivity index (χ0v) is 19.0. The molecule has 0 N–H and O–H groups in total. The Kier molecular flexibility index (Phi) is 7.84. The molecule has 1 heteroatoms. The maximum Gasteiger partial charge on any atom is 0.112 e. The molecule has 0 aliphatic carbocycles. The molecule has 0 heterocycles. The van der Waals surface area contributed by atoms with Gasteiger partial charge in [-0.15, -0.1) is 0 Å². The zero-order chi connectivity index (χ0) is 20.5. The highest BCUT2D eigenvalue weighted by Gasteiger charge is 2.44. The molecule has 3 rings (SSSR count). The lowest BCUT2D eigenvalue weighted by Crippen LogP contribution is -2.33. The summed E-state index contributed by atoms with van der Waals surface area (Å²) in [7, 11) is -1.67. The van der Waals surface area contributed by atoms with E-state index in [2.05, 4.69) is 118 Å². The Labute approximate surface area is 178 Å². The van der Waals surface area contributed by atoms with Crippen LogP contribution in [-0.4, -0.2) is 6.16 Å². The van der Waals surface area contributed by atoms with Crippen molar-refractivity contribution in [2.75, 3.05) is 6.16 Å². The summed E-state index contributed by atoms with van der Waals surface area (Å²) in [6.07, 6.45) is 7.31. The summed E-state index contributed by atoms with van der Waals surface area (Å²) in [5, 5.41) is 4.48. The van der Waals surface area contributed by atoms with Crippen LogP contribution in [0.2, 0.25) is 0 Å². The quantitative estimate of drug-likeness (QED) is 0.275. The zero-order valence-electron chi connectivity index (χ0n) is 18.1. The minimum Gasteiger partial charge on any atom is -0.0859 e. The smallest absolute Gasteiger partial charge is 0.0859 e. The predicted molar refractivity (Wildman–Crippen MR) is 132 cm³/mol. The van der Waals surface area contributed by atoms with Gasteiger partial charge in [-0.2, -0.15) is 0 Å². The number of rotatable bonds is 9. The number of hydrogen-bond acceptors (Lipinski definition) is 0. The van der Waals surface area contributed by atoms with Gasteiger partial charge in [-0.3, -0.25) is 0 Å². The van der Waals surface area contributed by atoms with Crippen LogP contribution in [0.25, 0.3) is 0 Å². The fourth-order valence-corrected chi connectivity index (χ4v) is 8.64. The van der Waals surface area contributed by atoms with Crippen molar-refractivity contribution in [3.05, 3.63) is 103 Å². The minimum absolute atomic E-state index is 0.723. The van der Waals surface area contributed by atoms with E-state index in [4.69, 9.17) is 0 Å². The first-order chi connectivity index (χ1) is 14.1. The highest BCUT2D eigenvalue weighted by molar-refractivity contribution is 7.95. The summed E-state index contributed by atoms with van der Waals surface area (Å²) in [4.78, 5) is 0. The Hall–Kier alpha value is -2.17. The van der Waals surface area contributed by atoms with Crippen LogP contribution in [0.15, 0.2) is 103 Å². The molecule has 3 aromatic carbocycles. The molecule has 0 saturated heterocycles. The van der Waals surface area contributed by atoms with Crippen LogP contribution < -0.4 is 15.9 Å². The molecule has 3 aromatic rings. The van der Waals surface area contributed by atoms with Crippen molar-refractivity contribution in [3.8, 4) is 0 Å². The molecular weight excluding hydrogens is 367 g/mol. The molecular formula is C28H34P+. The van der Waals surface area contributed by atoms with Gasteiger partial charge in [0.2, 0.25) is 0 Å². The first kappa shape index (κ1) is 21.5. The molecule has 0 spiro atoms. The van der Waals surface area contributed by atoms with Crippen LogP contribution in [0.3, 0.4) is 0 Å². The lowest BCUT2D eigenvalue weighted by molar-refractivity contribution is 0.524. The monoisotopic (exact) mass is 401 g/mol. The summed E-state index contributed by atoms with van der Waals surface area (Å²) in [6, 6.07) is 33.7. The summed E-state index contributed by atoms with van der Waals surface area (Å²) < 4.78 is 0. The molecule has 0 aromatic heterocycles. The largest absolute Gasteiger partial charge is 0.112 e. The lowest BCUT2D eigenvalue weighted by atomic mass is 10.0. The van der Waals surface area contributed by atoms with E-state index in [-0.39, 0.29) is 0 Å². The lowest BCUT2D eigenvalue weighted by Gasteiger charge is -2.28. The molecule has 1 atom stereocenters. The molecule has 0 saturated carbocycles. The van der Waals surface area contributed by atoms with Crippen molar-refractivity contribution in [1.82, 2.24) is 0 Å². The van der Waals surface area contributed by atoms with Crippen LogP contribution in [0, 0.1) is 5.92 Å². The molecule has 0 unspecified atom stereocenters. The second kappa shape index (κ2) is 10.6. The van der Waals surface area contributed by atoms with Gasteiger partial charge in [-0.1, -0.05) is 73.2 Å². The van der Waals surface area contributed by atoms with Crippen LogP contribution in [-0.2, 0) is 0 Å². The van der Waals surface area contributed by atoms with Gasteiger partial charge >= 0.3 is 0 Å². The molecule has 0 radical (unpaired) electrons. The molecule has 0 bridgehead atoms. The minimum atomic E-state index is -1.67. The van der Waals surface area contributed by atoms with E-state index >= 15 is 0 Å². The third-order valence-electron chi connectivity index (χ3n) is 5.76. The predicted octanol–water partition coefficient (Wildman–Crippen LogP) is 6.75. The van der Waals surface area contributed by atoms with Gasteiger partial charge in [0.25, 0.3) is 0 Å². The van der Waals surface area contributed by atoms with Crippen LogP contribution in [0.5, 0.6) is 0 Å². The van der Waals surface area contributed by atoms with Gasteiger partial charge in [0.1, 0.15) is 23.2 Å².